The van der Waals surface area contributed by atoms with Crippen molar-refractivity contribution in [1.82, 2.24) is 4.98 Å². The smallest absolute Gasteiger partial charge is 0.354 e. The van der Waals surface area contributed by atoms with E-state index in [1.54, 1.807) is 18.4 Å². The van der Waals surface area contributed by atoms with Crippen LogP contribution in [0.4, 0.5) is 5.69 Å². The van der Waals surface area contributed by atoms with Crippen LogP contribution in [-0.2, 0) is 6.54 Å². The van der Waals surface area contributed by atoms with Crippen molar-refractivity contribution < 1.29 is 14.3 Å². The molecule has 5 heteroatoms. The lowest BCUT2D eigenvalue weighted by atomic mass is 10.2. The minimum atomic E-state index is -1.02. The molecule has 0 spiro atoms. The maximum absolute atomic E-state index is 10.9. The van der Waals surface area contributed by atoms with Crippen LogP contribution >= 0.6 is 0 Å². The fourth-order valence-corrected chi connectivity index (χ4v) is 1.70. The van der Waals surface area contributed by atoms with Crippen LogP contribution in [-0.4, -0.2) is 23.1 Å². The van der Waals surface area contributed by atoms with Crippen molar-refractivity contribution >= 4 is 11.7 Å². The predicted octanol–water partition coefficient (Wildman–Crippen LogP) is 2.32. The van der Waals surface area contributed by atoms with Gasteiger partial charge < -0.3 is 14.4 Å². The molecule has 0 saturated heterocycles. The molecule has 2 aromatic rings. The van der Waals surface area contributed by atoms with Gasteiger partial charge in [-0.25, -0.2) is 9.78 Å². The van der Waals surface area contributed by atoms with Crippen molar-refractivity contribution in [2.45, 2.75) is 13.5 Å². The van der Waals surface area contributed by atoms with E-state index in [1.807, 2.05) is 24.9 Å². The van der Waals surface area contributed by atoms with Gasteiger partial charge in [-0.2, -0.15) is 0 Å². The molecule has 0 fully saturated rings. The summed E-state index contributed by atoms with van der Waals surface area (Å²) in [5.74, 6) is -0.154. The van der Waals surface area contributed by atoms with Crippen LogP contribution in [0.1, 0.15) is 21.8 Å². The van der Waals surface area contributed by atoms with Crippen LogP contribution in [0.2, 0.25) is 0 Å². The second kappa shape index (κ2) is 4.91. The van der Waals surface area contributed by atoms with E-state index >= 15 is 0 Å². The highest BCUT2D eigenvalue weighted by atomic mass is 16.4. The third-order valence-electron chi connectivity index (χ3n) is 2.78. The average Bonchev–Trinajstić information content (AvgIpc) is 2.75. The molecule has 0 aliphatic rings. The molecule has 0 saturated carbocycles. The van der Waals surface area contributed by atoms with E-state index < -0.39 is 5.97 Å². The largest absolute Gasteiger partial charge is 0.477 e. The van der Waals surface area contributed by atoms with Gasteiger partial charge in [-0.05, 0) is 25.1 Å². The van der Waals surface area contributed by atoms with Crippen LogP contribution in [0.5, 0.6) is 0 Å². The Balaban J connectivity index is 2.18. The Bertz CT molecular complexity index is 563. The monoisotopic (exact) mass is 246 g/mol. The van der Waals surface area contributed by atoms with Crippen LogP contribution in [0.25, 0.3) is 0 Å². The number of rotatable bonds is 4. The Morgan fingerprint density at radius 1 is 1.50 bits per heavy atom. The maximum Gasteiger partial charge on any atom is 0.354 e. The summed E-state index contributed by atoms with van der Waals surface area (Å²) in [6, 6.07) is 5.24. The molecule has 0 unspecified atom stereocenters. The summed E-state index contributed by atoms with van der Waals surface area (Å²) in [6.45, 7) is 2.56. The summed E-state index contributed by atoms with van der Waals surface area (Å²) >= 11 is 0. The highest BCUT2D eigenvalue weighted by Crippen LogP contribution is 2.18. The normalized spacial score (nSPS) is 10.3. The van der Waals surface area contributed by atoms with Crippen molar-refractivity contribution in [2.24, 2.45) is 0 Å². The Morgan fingerprint density at radius 2 is 2.28 bits per heavy atom. The molecule has 5 nitrogen and oxygen atoms in total. The van der Waals surface area contributed by atoms with Crippen molar-refractivity contribution in [1.29, 1.82) is 0 Å². The highest BCUT2D eigenvalue weighted by molar-refractivity contribution is 5.86. The van der Waals surface area contributed by atoms with Gasteiger partial charge in [0.15, 0.2) is 0 Å². The number of aromatic carboxylic acids is 1. The number of hydrogen-bond acceptors (Lipinski definition) is 4. The number of carboxylic acids is 1. The van der Waals surface area contributed by atoms with Crippen molar-refractivity contribution in [3.63, 3.8) is 0 Å². The zero-order valence-corrected chi connectivity index (χ0v) is 10.3. The maximum atomic E-state index is 10.9. The molecule has 0 atom stereocenters. The van der Waals surface area contributed by atoms with Gasteiger partial charge in [-0.15, -0.1) is 0 Å². The molecule has 0 radical (unpaired) electrons. The van der Waals surface area contributed by atoms with E-state index in [1.165, 1.54) is 6.20 Å². The fraction of sp³-hybridized carbons (Fsp3) is 0.231. The number of carboxylic acid groups (broad SMARTS) is 1. The second-order valence-electron chi connectivity index (χ2n) is 4.06. The van der Waals surface area contributed by atoms with E-state index in [4.69, 9.17) is 9.52 Å². The standard InChI is InChI=1S/C13H14N2O3/c1-9-10(4-6-18-9)8-15(2)11-3-5-14-12(7-11)13(16)17/h3-7H,8H2,1-2H3,(H,16,17). The highest BCUT2D eigenvalue weighted by Gasteiger charge is 2.10. The van der Waals surface area contributed by atoms with E-state index in [2.05, 4.69) is 4.98 Å². The molecule has 2 heterocycles. The van der Waals surface area contributed by atoms with E-state index in [-0.39, 0.29) is 5.69 Å². The Morgan fingerprint density at radius 3 is 2.89 bits per heavy atom. The Hall–Kier alpha value is -2.30. The van der Waals surface area contributed by atoms with Crippen molar-refractivity contribution in [3.8, 4) is 0 Å². The minimum absolute atomic E-state index is 0.0447. The molecule has 2 rings (SSSR count). The summed E-state index contributed by atoms with van der Waals surface area (Å²) < 4.78 is 5.23. The van der Waals surface area contributed by atoms with Crippen LogP contribution in [0, 0.1) is 6.92 Å². The summed E-state index contributed by atoms with van der Waals surface area (Å²) in [4.78, 5) is 16.6. The number of anilines is 1. The molecular formula is C13H14N2O3. The first-order valence-corrected chi connectivity index (χ1v) is 5.51. The number of carbonyl (C=O) groups is 1. The van der Waals surface area contributed by atoms with Crippen LogP contribution in [0.3, 0.4) is 0 Å². The molecule has 0 aliphatic heterocycles. The van der Waals surface area contributed by atoms with E-state index in [0.717, 1.165) is 17.0 Å². The van der Waals surface area contributed by atoms with Gasteiger partial charge in [-0.1, -0.05) is 0 Å². The molecule has 0 aliphatic carbocycles. The third-order valence-corrected chi connectivity index (χ3v) is 2.78. The lowest BCUT2D eigenvalue weighted by molar-refractivity contribution is 0.0690. The zero-order chi connectivity index (χ0) is 13.1. The fourth-order valence-electron chi connectivity index (χ4n) is 1.70. The molecular weight excluding hydrogens is 232 g/mol. The first-order valence-electron chi connectivity index (χ1n) is 5.51. The van der Waals surface area contributed by atoms with Crippen LogP contribution in [0.15, 0.2) is 35.1 Å². The number of aromatic nitrogens is 1. The van der Waals surface area contributed by atoms with Crippen molar-refractivity contribution in [3.05, 3.63) is 47.7 Å². The first kappa shape index (κ1) is 12.2. The first-order chi connectivity index (χ1) is 8.58. The van der Waals surface area contributed by atoms with Gasteiger partial charge in [0.25, 0.3) is 0 Å². The molecule has 2 aromatic heterocycles. The van der Waals surface area contributed by atoms with Gasteiger partial charge >= 0.3 is 5.97 Å². The SMILES string of the molecule is Cc1occc1CN(C)c1ccnc(C(=O)O)c1. The number of furan rings is 1. The van der Waals surface area contributed by atoms with Gasteiger partial charge in [-0.3, -0.25) is 0 Å². The minimum Gasteiger partial charge on any atom is -0.477 e. The second-order valence-corrected chi connectivity index (χ2v) is 4.06. The Labute approximate surface area is 105 Å². The average molecular weight is 246 g/mol. The predicted molar refractivity (Wildman–Crippen MR) is 66.7 cm³/mol. The molecule has 0 amide bonds. The molecule has 94 valence electrons. The molecule has 0 bridgehead atoms. The summed E-state index contributed by atoms with van der Waals surface area (Å²) in [5.41, 5.74) is 1.93. The number of hydrogen-bond donors (Lipinski definition) is 1. The molecule has 18 heavy (non-hydrogen) atoms. The number of aryl methyl sites for hydroxylation is 1. The zero-order valence-electron chi connectivity index (χ0n) is 10.3. The van der Waals surface area contributed by atoms with E-state index in [0.29, 0.717) is 6.54 Å². The van der Waals surface area contributed by atoms with Crippen molar-refractivity contribution in [2.75, 3.05) is 11.9 Å². The van der Waals surface area contributed by atoms with E-state index in [9.17, 15) is 4.79 Å². The number of pyridine rings is 1. The summed E-state index contributed by atoms with van der Waals surface area (Å²) in [6.07, 6.45) is 3.14. The lowest BCUT2D eigenvalue weighted by Crippen LogP contribution is -2.17. The third kappa shape index (κ3) is 2.51. The van der Waals surface area contributed by atoms with Gasteiger partial charge in [0.05, 0.1) is 6.26 Å². The summed E-state index contributed by atoms with van der Waals surface area (Å²) in [5, 5.41) is 8.90. The topological polar surface area (TPSA) is 66.6 Å². The Kier molecular flexibility index (Phi) is 3.32. The molecule has 1 N–H and O–H groups in total. The van der Waals surface area contributed by atoms with Gasteiger partial charge in [0, 0.05) is 31.0 Å². The van der Waals surface area contributed by atoms with Crippen LogP contribution < -0.4 is 4.90 Å². The lowest BCUT2D eigenvalue weighted by Gasteiger charge is -2.18. The van der Waals surface area contributed by atoms with Gasteiger partial charge in [0.1, 0.15) is 11.5 Å². The number of nitrogens with zero attached hydrogens (tertiary/aromatic N) is 2. The molecule has 0 aromatic carbocycles. The van der Waals surface area contributed by atoms with Gasteiger partial charge in [0.2, 0.25) is 0 Å². The summed E-state index contributed by atoms with van der Waals surface area (Å²) in [7, 11) is 1.90. The quantitative estimate of drug-likeness (QED) is 0.896.